The van der Waals surface area contributed by atoms with Crippen LogP contribution in [0.25, 0.3) is 10.9 Å². The van der Waals surface area contributed by atoms with Crippen LogP contribution in [-0.2, 0) is 9.59 Å². The number of piperazine rings is 2. The largest absolute Gasteiger partial charge is 0.353 e. The summed E-state index contributed by atoms with van der Waals surface area (Å²) in [6.07, 6.45) is 1.84. The molecule has 2 fully saturated rings. The van der Waals surface area contributed by atoms with Crippen LogP contribution in [0, 0.1) is 5.92 Å². The monoisotopic (exact) mass is 410 g/mol. The fraction of sp³-hybridized carbons (Fsp3) is 0.545. The van der Waals surface area contributed by atoms with E-state index in [9.17, 15) is 9.59 Å². The first-order chi connectivity index (χ1) is 14.5. The van der Waals surface area contributed by atoms with Crippen LogP contribution in [0.1, 0.15) is 20.3 Å². The lowest BCUT2D eigenvalue weighted by atomic mass is 10.0. The molecular weight excluding hydrogens is 380 g/mol. The molecule has 30 heavy (non-hydrogen) atoms. The number of rotatable bonds is 5. The lowest BCUT2D eigenvalue weighted by Crippen LogP contribution is -2.58. The van der Waals surface area contributed by atoms with Gasteiger partial charge in [0.1, 0.15) is 12.1 Å². The molecule has 1 aromatic carbocycles. The predicted octanol–water partition coefficient (Wildman–Crippen LogP) is 1.12. The Morgan fingerprint density at radius 2 is 1.90 bits per heavy atom. The molecule has 0 saturated carbocycles. The molecule has 0 unspecified atom stereocenters. The van der Waals surface area contributed by atoms with E-state index in [0.717, 1.165) is 42.9 Å². The number of nitrogens with zero attached hydrogens (tertiary/aromatic N) is 5. The average molecular weight is 411 g/mol. The summed E-state index contributed by atoms with van der Waals surface area (Å²) in [6.45, 7) is 9.28. The van der Waals surface area contributed by atoms with Crippen molar-refractivity contribution in [3.05, 3.63) is 30.6 Å². The van der Waals surface area contributed by atoms with Gasteiger partial charge in [0.15, 0.2) is 0 Å². The highest BCUT2D eigenvalue weighted by Gasteiger charge is 2.34. The maximum absolute atomic E-state index is 13.0. The number of carbonyl (C=O) groups excluding carboxylic acids is 2. The van der Waals surface area contributed by atoms with Crippen LogP contribution >= 0.6 is 0 Å². The van der Waals surface area contributed by atoms with E-state index in [1.807, 2.05) is 29.2 Å². The third-order valence-corrected chi connectivity index (χ3v) is 5.86. The van der Waals surface area contributed by atoms with Crippen LogP contribution in [0.4, 0.5) is 5.82 Å². The highest BCUT2D eigenvalue weighted by Crippen LogP contribution is 2.24. The van der Waals surface area contributed by atoms with Gasteiger partial charge in [-0.2, -0.15) is 0 Å². The summed E-state index contributed by atoms with van der Waals surface area (Å²) in [5, 5.41) is 3.95. The lowest BCUT2D eigenvalue weighted by Gasteiger charge is -2.39. The zero-order valence-electron chi connectivity index (χ0n) is 17.8. The number of benzene rings is 1. The number of nitrogens with one attached hydrogen (secondary N) is 1. The minimum absolute atomic E-state index is 0.0265. The third-order valence-electron chi connectivity index (χ3n) is 5.86. The summed E-state index contributed by atoms with van der Waals surface area (Å²) >= 11 is 0. The average Bonchev–Trinajstić information content (AvgIpc) is 2.75. The molecule has 0 spiro atoms. The van der Waals surface area contributed by atoms with Gasteiger partial charge in [-0.3, -0.25) is 14.5 Å². The second kappa shape index (κ2) is 8.95. The summed E-state index contributed by atoms with van der Waals surface area (Å²) in [7, 11) is 0. The zero-order chi connectivity index (χ0) is 21.1. The van der Waals surface area contributed by atoms with Gasteiger partial charge < -0.3 is 15.1 Å². The van der Waals surface area contributed by atoms with E-state index >= 15 is 0 Å². The molecule has 2 aliphatic rings. The maximum Gasteiger partial charge on any atom is 0.237 e. The van der Waals surface area contributed by atoms with Crippen molar-refractivity contribution < 1.29 is 9.59 Å². The third kappa shape index (κ3) is 4.38. The Hall–Kier alpha value is -2.74. The van der Waals surface area contributed by atoms with Crippen LogP contribution in [-0.4, -0.2) is 83.4 Å². The normalized spacial score (nSPS) is 20.6. The molecule has 0 radical (unpaired) electrons. The molecule has 1 aromatic heterocycles. The second-order valence-corrected chi connectivity index (χ2v) is 8.48. The van der Waals surface area contributed by atoms with E-state index in [0.29, 0.717) is 25.6 Å². The minimum Gasteiger partial charge on any atom is -0.353 e. The van der Waals surface area contributed by atoms with Crippen LogP contribution in [0.15, 0.2) is 30.6 Å². The number of fused-ring (bicyclic) bond motifs is 1. The molecule has 3 heterocycles. The number of amides is 2. The number of carbonyl (C=O) groups is 2. The standard InChI is InChI=1S/C22H30N6O2/c1-16(2)14-28-8-7-23-22(30)19(28)13-20(29)26-9-11-27(12-10-26)21-17-5-3-4-6-18(17)24-15-25-21/h3-6,15-16,19H,7-14H2,1-2H3,(H,23,30)/t19-/m1/s1. The minimum atomic E-state index is -0.363. The van der Waals surface area contributed by atoms with Crippen molar-refractivity contribution in [3.8, 4) is 0 Å². The number of aromatic nitrogens is 2. The first kappa shape index (κ1) is 20.5. The number of hydrogen-bond acceptors (Lipinski definition) is 6. The molecular formula is C22H30N6O2. The number of hydrogen-bond donors (Lipinski definition) is 1. The molecule has 2 saturated heterocycles. The molecule has 8 nitrogen and oxygen atoms in total. The fourth-order valence-electron chi connectivity index (χ4n) is 4.38. The smallest absolute Gasteiger partial charge is 0.237 e. The van der Waals surface area contributed by atoms with Gasteiger partial charge in [0.05, 0.1) is 18.0 Å². The quantitative estimate of drug-likeness (QED) is 0.796. The fourth-order valence-corrected chi connectivity index (χ4v) is 4.38. The molecule has 1 atom stereocenters. The number of para-hydroxylation sites is 1. The first-order valence-electron chi connectivity index (χ1n) is 10.8. The molecule has 160 valence electrons. The van der Waals surface area contributed by atoms with Crippen LogP contribution in [0.5, 0.6) is 0 Å². The van der Waals surface area contributed by atoms with Crippen molar-refractivity contribution in [3.63, 3.8) is 0 Å². The Morgan fingerprint density at radius 1 is 1.13 bits per heavy atom. The predicted molar refractivity (Wildman–Crippen MR) is 116 cm³/mol. The SMILES string of the molecule is CC(C)CN1CCNC(=O)[C@H]1CC(=O)N1CCN(c2ncnc3ccccc23)CC1. The Balaban J connectivity index is 1.38. The van der Waals surface area contributed by atoms with Gasteiger partial charge in [-0.05, 0) is 18.1 Å². The Labute approximate surface area is 177 Å². The molecule has 2 amide bonds. The van der Waals surface area contributed by atoms with E-state index in [1.54, 1.807) is 6.33 Å². The van der Waals surface area contributed by atoms with Crippen molar-refractivity contribution in [2.45, 2.75) is 26.3 Å². The molecule has 2 aromatic rings. The van der Waals surface area contributed by atoms with Crippen molar-refractivity contribution in [1.82, 2.24) is 25.1 Å². The summed E-state index contributed by atoms with van der Waals surface area (Å²) < 4.78 is 0. The first-order valence-corrected chi connectivity index (χ1v) is 10.8. The van der Waals surface area contributed by atoms with Crippen LogP contribution in [0.2, 0.25) is 0 Å². The molecule has 1 N–H and O–H groups in total. The molecule has 4 rings (SSSR count). The van der Waals surface area contributed by atoms with Gasteiger partial charge >= 0.3 is 0 Å². The Morgan fingerprint density at radius 3 is 2.67 bits per heavy atom. The maximum atomic E-state index is 13.0. The van der Waals surface area contributed by atoms with Gasteiger partial charge in [-0.1, -0.05) is 26.0 Å². The van der Waals surface area contributed by atoms with E-state index in [1.165, 1.54) is 0 Å². The molecule has 8 heteroatoms. The Bertz CT molecular complexity index is 904. The van der Waals surface area contributed by atoms with E-state index in [-0.39, 0.29) is 24.3 Å². The highest BCUT2D eigenvalue weighted by atomic mass is 16.2. The van der Waals surface area contributed by atoms with Crippen molar-refractivity contribution in [1.29, 1.82) is 0 Å². The van der Waals surface area contributed by atoms with Gasteiger partial charge in [0.25, 0.3) is 0 Å². The molecule has 2 aliphatic heterocycles. The topological polar surface area (TPSA) is 81.7 Å². The van der Waals surface area contributed by atoms with Gasteiger partial charge in [0.2, 0.25) is 11.8 Å². The van der Waals surface area contributed by atoms with E-state index in [2.05, 4.69) is 38.9 Å². The van der Waals surface area contributed by atoms with E-state index < -0.39 is 0 Å². The Kier molecular flexibility index (Phi) is 6.13. The highest BCUT2D eigenvalue weighted by molar-refractivity contribution is 5.90. The van der Waals surface area contributed by atoms with E-state index in [4.69, 9.17) is 0 Å². The zero-order valence-corrected chi connectivity index (χ0v) is 17.8. The second-order valence-electron chi connectivity index (χ2n) is 8.48. The van der Waals surface area contributed by atoms with Crippen LogP contribution in [0.3, 0.4) is 0 Å². The molecule has 0 aliphatic carbocycles. The van der Waals surface area contributed by atoms with Crippen molar-refractivity contribution in [2.24, 2.45) is 5.92 Å². The number of anilines is 1. The summed E-state index contributed by atoms with van der Waals surface area (Å²) in [6, 6.07) is 7.62. The molecule has 0 bridgehead atoms. The summed E-state index contributed by atoms with van der Waals surface area (Å²) in [5.41, 5.74) is 0.926. The van der Waals surface area contributed by atoms with Crippen molar-refractivity contribution in [2.75, 3.05) is 50.7 Å². The summed E-state index contributed by atoms with van der Waals surface area (Å²) in [4.78, 5) is 40.5. The van der Waals surface area contributed by atoms with Gasteiger partial charge in [-0.15, -0.1) is 0 Å². The lowest BCUT2D eigenvalue weighted by molar-refractivity contribution is -0.139. The van der Waals surface area contributed by atoms with Gasteiger partial charge in [0, 0.05) is 51.2 Å². The van der Waals surface area contributed by atoms with Gasteiger partial charge in [-0.25, -0.2) is 9.97 Å². The summed E-state index contributed by atoms with van der Waals surface area (Å²) in [5.74, 6) is 1.40. The van der Waals surface area contributed by atoms with Crippen molar-refractivity contribution >= 4 is 28.5 Å². The van der Waals surface area contributed by atoms with Crippen LogP contribution < -0.4 is 10.2 Å².